The van der Waals surface area contributed by atoms with Crippen molar-refractivity contribution in [1.29, 1.82) is 0 Å². The van der Waals surface area contributed by atoms with Gasteiger partial charge in [-0.05, 0) is 6.07 Å². The first-order valence-electron chi connectivity index (χ1n) is 4.40. The van der Waals surface area contributed by atoms with Gasteiger partial charge in [-0.3, -0.25) is 0 Å². The van der Waals surface area contributed by atoms with Crippen LogP contribution in [0.1, 0.15) is 0 Å². The third-order valence-corrected chi connectivity index (χ3v) is 2.10. The lowest BCUT2D eigenvalue weighted by Crippen LogP contribution is -2.43. The summed E-state index contributed by atoms with van der Waals surface area (Å²) in [6.45, 7) is 3.97. The fourth-order valence-corrected chi connectivity index (χ4v) is 1.43. The monoisotopic (exact) mass is 215 g/mol. The van der Waals surface area contributed by atoms with Crippen molar-refractivity contribution in [2.24, 2.45) is 0 Å². The van der Waals surface area contributed by atoms with Gasteiger partial charge in [-0.2, -0.15) is 4.98 Å². The van der Waals surface area contributed by atoms with E-state index >= 15 is 0 Å². The Morgan fingerprint density at radius 3 is 2.71 bits per heavy atom. The number of anilines is 2. The molecule has 0 unspecified atom stereocenters. The summed E-state index contributed by atoms with van der Waals surface area (Å²) in [5.74, 6) is 1.27. The predicted octanol–water partition coefficient (Wildman–Crippen LogP) is -0.110. The third-order valence-electron chi connectivity index (χ3n) is 2.10. The molecule has 14 heavy (non-hydrogen) atoms. The lowest BCUT2D eigenvalue weighted by molar-refractivity contribution is 0.585. The molecule has 0 bridgehead atoms. The molecule has 1 aromatic rings. The first-order chi connectivity index (χ1) is 6.36. The standard InChI is InChI=1S/C8H13N5.ClH/c9-8-11-2-1-7(12-8)13-5-3-10-4-6-13;/h1-2,10H,3-6H2,(H2,9,11,12);1H. The molecule has 0 spiro atoms. The Balaban J connectivity index is 0.000000980. The van der Waals surface area contributed by atoms with E-state index in [1.165, 1.54) is 0 Å². The molecule has 5 nitrogen and oxygen atoms in total. The maximum atomic E-state index is 5.50. The summed E-state index contributed by atoms with van der Waals surface area (Å²) in [6.07, 6.45) is 1.69. The van der Waals surface area contributed by atoms with Crippen LogP contribution in [0.3, 0.4) is 0 Å². The second kappa shape index (κ2) is 4.97. The molecule has 1 aliphatic rings. The van der Waals surface area contributed by atoms with E-state index in [0.717, 1.165) is 32.0 Å². The summed E-state index contributed by atoms with van der Waals surface area (Å²) in [6, 6.07) is 1.89. The molecule has 6 heteroatoms. The van der Waals surface area contributed by atoms with E-state index in [9.17, 15) is 0 Å². The molecule has 1 fully saturated rings. The smallest absolute Gasteiger partial charge is 0.221 e. The summed E-state index contributed by atoms with van der Waals surface area (Å²) in [5.41, 5.74) is 5.50. The van der Waals surface area contributed by atoms with Gasteiger partial charge < -0.3 is 16.0 Å². The molecule has 0 aromatic carbocycles. The number of nitrogens with zero attached hydrogens (tertiary/aromatic N) is 3. The van der Waals surface area contributed by atoms with E-state index in [1.807, 2.05) is 6.07 Å². The van der Waals surface area contributed by atoms with Crippen LogP contribution < -0.4 is 16.0 Å². The van der Waals surface area contributed by atoms with Crippen LogP contribution >= 0.6 is 12.4 Å². The van der Waals surface area contributed by atoms with Crippen molar-refractivity contribution >= 4 is 24.2 Å². The summed E-state index contributed by atoms with van der Waals surface area (Å²) in [4.78, 5) is 10.2. The number of nitrogen functional groups attached to an aromatic ring is 1. The number of hydrogen-bond donors (Lipinski definition) is 2. The molecular weight excluding hydrogens is 202 g/mol. The van der Waals surface area contributed by atoms with E-state index < -0.39 is 0 Å². The Kier molecular flexibility index (Phi) is 3.91. The van der Waals surface area contributed by atoms with Crippen molar-refractivity contribution in [3.8, 4) is 0 Å². The van der Waals surface area contributed by atoms with Crippen LogP contribution in [0.5, 0.6) is 0 Å². The van der Waals surface area contributed by atoms with Gasteiger partial charge in [-0.1, -0.05) is 0 Å². The average Bonchev–Trinajstić information content (AvgIpc) is 2.19. The highest BCUT2D eigenvalue weighted by Crippen LogP contribution is 2.10. The zero-order valence-electron chi connectivity index (χ0n) is 7.81. The molecule has 78 valence electrons. The van der Waals surface area contributed by atoms with Crippen molar-refractivity contribution in [2.75, 3.05) is 36.8 Å². The molecule has 0 amide bonds. The van der Waals surface area contributed by atoms with Crippen LogP contribution in [-0.2, 0) is 0 Å². The summed E-state index contributed by atoms with van der Waals surface area (Å²) < 4.78 is 0. The van der Waals surface area contributed by atoms with Crippen LogP contribution in [-0.4, -0.2) is 36.1 Å². The van der Waals surface area contributed by atoms with Crippen molar-refractivity contribution in [3.05, 3.63) is 12.3 Å². The van der Waals surface area contributed by atoms with Crippen molar-refractivity contribution in [3.63, 3.8) is 0 Å². The minimum Gasteiger partial charge on any atom is -0.368 e. The minimum absolute atomic E-state index is 0. The molecule has 3 N–H and O–H groups in total. The molecule has 0 radical (unpaired) electrons. The van der Waals surface area contributed by atoms with Gasteiger partial charge in [0.05, 0.1) is 0 Å². The second-order valence-corrected chi connectivity index (χ2v) is 3.01. The number of nitrogens with one attached hydrogen (secondary N) is 1. The topological polar surface area (TPSA) is 67.1 Å². The SMILES string of the molecule is Cl.Nc1nccc(N2CCNCC2)n1. The van der Waals surface area contributed by atoms with E-state index in [1.54, 1.807) is 6.20 Å². The Morgan fingerprint density at radius 1 is 1.36 bits per heavy atom. The van der Waals surface area contributed by atoms with Gasteiger partial charge in [0.1, 0.15) is 5.82 Å². The number of aromatic nitrogens is 2. The largest absolute Gasteiger partial charge is 0.368 e. The van der Waals surface area contributed by atoms with Gasteiger partial charge in [0.2, 0.25) is 5.95 Å². The van der Waals surface area contributed by atoms with Crippen LogP contribution in [0.2, 0.25) is 0 Å². The molecular formula is C8H14ClN5. The number of rotatable bonds is 1. The highest BCUT2D eigenvalue weighted by Gasteiger charge is 2.11. The second-order valence-electron chi connectivity index (χ2n) is 3.01. The molecule has 2 rings (SSSR count). The van der Waals surface area contributed by atoms with Gasteiger partial charge in [-0.15, -0.1) is 12.4 Å². The molecule has 1 aliphatic heterocycles. The van der Waals surface area contributed by atoms with E-state index in [4.69, 9.17) is 5.73 Å². The Hall–Kier alpha value is -1.07. The third kappa shape index (κ3) is 2.46. The number of piperazine rings is 1. The first-order valence-corrected chi connectivity index (χ1v) is 4.40. The first kappa shape index (κ1) is 11.0. The Bertz CT molecular complexity index is 287. The molecule has 0 aliphatic carbocycles. The van der Waals surface area contributed by atoms with E-state index in [2.05, 4.69) is 20.2 Å². The van der Waals surface area contributed by atoms with Gasteiger partial charge >= 0.3 is 0 Å². The van der Waals surface area contributed by atoms with Crippen molar-refractivity contribution in [2.45, 2.75) is 0 Å². The lowest BCUT2D eigenvalue weighted by atomic mass is 10.3. The fraction of sp³-hybridized carbons (Fsp3) is 0.500. The minimum atomic E-state index is 0. The van der Waals surface area contributed by atoms with E-state index in [-0.39, 0.29) is 12.4 Å². The number of halogens is 1. The molecule has 1 aromatic heterocycles. The van der Waals surface area contributed by atoms with Gasteiger partial charge in [0, 0.05) is 32.4 Å². The van der Waals surface area contributed by atoms with Crippen LogP contribution in [0, 0.1) is 0 Å². The molecule has 0 saturated carbocycles. The molecule has 1 saturated heterocycles. The Labute approximate surface area is 89.1 Å². The quantitative estimate of drug-likeness (QED) is 0.685. The zero-order valence-corrected chi connectivity index (χ0v) is 8.63. The van der Waals surface area contributed by atoms with Gasteiger partial charge in [0.25, 0.3) is 0 Å². The average molecular weight is 216 g/mol. The predicted molar refractivity (Wildman–Crippen MR) is 58.8 cm³/mol. The molecule has 2 heterocycles. The number of hydrogen-bond acceptors (Lipinski definition) is 5. The van der Waals surface area contributed by atoms with Crippen LogP contribution in [0.25, 0.3) is 0 Å². The van der Waals surface area contributed by atoms with Crippen molar-refractivity contribution in [1.82, 2.24) is 15.3 Å². The zero-order chi connectivity index (χ0) is 9.10. The van der Waals surface area contributed by atoms with Crippen molar-refractivity contribution < 1.29 is 0 Å². The normalized spacial score (nSPS) is 16.1. The number of nitrogens with two attached hydrogens (primary N) is 1. The highest BCUT2D eigenvalue weighted by atomic mass is 35.5. The maximum Gasteiger partial charge on any atom is 0.221 e. The van der Waals surface area contributed by atoms with Crippen LogP contribution in [0.15, 0.2) is 12.3 Å². The molecule has 0 atom stereocenters. The summed E-state index contributed by atoms with van der Waals surface area (Å²) >= 11 is 0. The van der Waals surface area contributed by atoms with Gasteiger partial charge in [0.15, 0.2) is 0 Å². The lowest BCUT2D eigenvalue weighted by Gasteiger charge is -2.28. The highest BCUT2D eigenvalue weighted by molar-refractivity contribution is 5.85. The van der Waals surface area contributed by atoms with E-state index in [0.29, 0.717) is 5.95 Å². The summed E-state index contributed by atoms with van der Waals surface area (Å²) in [7, 11) is 0. The summed E-state index contributed by atoms with van der Waals surface area (Å²) in [5, 5.41) is 3.28. The Morgan fingerprint density at radius 2 is 2.07 bits per heavy atom. The fourth-order valence-electron chi connectivity index (χ4n) is 1.43. The van der Waals surface area contributed by atoms with Crippen LogP contribution in [0.4, 0.5) is 11.8 Å². The van der Waals surface area contributed by atoms with Gasteiger partial charge in [-0.25, -0.2) is 4.98 Å². The maximum absolute atomic E-state index is 5.50.